The summed E-state index contributed by atoms with van der Waals surface area (Å²) >= 11 is 3.12. The van der Waals surface area contributed by atoms with Gasteiger partial charge in [-0.3, -0.25) is 4.68 Å². The molecule has 5 heteroatoms. The topological polar surface area (TPSA) is 55.1 Å². The van der Waals surface area contributed by atoms with Crippen LogP contribution in [0.25, 0.3) is 0 Å². The third-order valence-electron chi connectivity index (χ3n) is 1.43. The maximum Gasteiger partial charge on any atom is 0.355 e. The normalized spacial score (nSPS) is 10.2. The SMILES string of the molecule is CCCn1ncc(Br)c1C(=O)O. The Morgan fingerprint density at radius 2 is 2.50 bits per heavy atom. The van der Waals surface area contributed by atoms with Crippen molar-refractivity contribution in [1.29, 1.82) is 0 Å². The third-order valence-corrected chi connectivity index (χ3v) is 2.01. The van der Waals surface area contributed by atoms with Crippen molar-refractivity contribution in [3.63, 3.8) is 0 Å². The Morgan fingerprint density at radius 1 is 1.83 bits per heavy atom. The second-order valence-corrected chi connectivity index (χ2v) is 3.22. The van der Waals surface area contributed by atoms with Gasteiger partial charge in [0, 0.05) is 6.54 Å². The first-order valence-corrected chi connectivity index (χ1v) is 4.40. The van der Waals surface area contributed by atoms with Crippen molar-refractivity contribution in [3.05, 3.63) is 16.4 Å². The molecule has 0 bridgehead atoms. The van der Waals surface area contributed by atoms with Gasteiger partial charge in [0.1, 0.15) is 0 Å². The molecular weight excluding hydrogens is 224 g/mol. The first-order valence-electron chi connectivity index (χ1n) is 3.61. The number of nitrogens with zero attached hydrogens (tertiary/aromatic N) is 2. The van der Waals surface area contributed by atoms with Crippen molar-refractivity contribution in [1.82, 2.24) is 9.78 Å². The Morgan fingerprint density at radius 3 is 3.00 bits per heavy atom. The van der Waals surface area contributed by atoms with E-state index in [1.807, 2.05) is 6.92 Å². The van der Waals surface area contributed by atoms with E-state index >= 15 is 0 Å². The molecule has 0 aromatic carbocycles. The number of aromatic carboxylic acids is 1. The Labute approximate surface area is 78.3 Å². The molecule has 1 aromatic heterocycles. The Hall–Kier alpha value is -0.840. The Balaban J connectivity index is 3.04. The summed E-state index contributed by atoms with van der Waals surface area (Å²) in [6.45, 7) is 2.61. The predicted octanol–water partition coefficient (Wildman–Crippen LogP) is 1.75. The fourth-order valence-electron chi connectivity index (χ4n) is 0.956. The molecule has 1 heterocycles. The van der Waals surface area contributed by atoms with Crippen LogP contribution in [-0.2, 0) is 6.54 Å². The molecule has 1 aromatic rings. The van der Waals surface area contributed by atoms with Crippen molar-refractivity contribution < 1.29 is 9.90 Å². The van der Waals surface area contributed by atoms with Crippen molar-refractivity contribution in [2.75, 3.05) is 0 Å². The number of aryl methyl sites for hydroxylation is 1. The van der Waals surface area contributed by atoms with E-state index in [2.05, 4.69) is 21.0 Å². The van der Waals surface area contributed by atoms with Crippen molar-refractivity contribution in [2.24, 2.45) is 0 Å². The summed E-state index contributed by atoms with van der Waals surface area (Å²) in [6, 6.07) is 0. The van der Waals surface area contributed by atoms with Crippen LogP contribution in [0.3, 0.4) is 0 Å². The molecule has 0 radical (unpaired) electrons. The smallest absolute Gasteiger partial charge is 0.355 e. The van der Waals surface area contributed by atoms with Crippen LogP contribution in [0.2, 0.25) is 0 Å². The largest absolute Gasteiger partial charge is 0.476 e. The zero-order chi connectivity index (χ0) is 9.14. The third kappa shape index (κ3) is 1.66. The van der Waals surface area contributed by atoms with Gasteiger partial charge in [-0.1, -0.05) is 6.92 Å². The maximum atomic E-state index is 10.7. The minimum Gasteiger partial charge on any atom is -0.476 e. The molecule has 1 rings (SSSR count). The number of hydrogen-bond donors (Lipinski definition) is 1. The number of carboxylic acids is 1. The first-order chi connectivity index (χ1) is 5.66. The molecule has 0 aliphatic heterocycles. The van der Waals surface area contributed by atoms with Crippen LogP contribution in [-0.4, -0.2) is 20.9 Å². The van der Waals surface area contributed by atoms with E-state index < -0.39 is 5.97 Å². The second-order valence-electron chi connectivity index (χ2n) is 2.37. The van der Waals surface area contributed by atoms with Gasteiger partial charge in [0.15, 0.2) is 5.69 Å². The van der Waals surface area contributed by atoms with E-state index in [1.165, 1.54) is 10.9 Å². The standard InChI is InChI=1S/C7H9BrN2O2/c1-2-3-10-6(7(11)12)5(8)4-9-10/h4H,2-3H2,1H3,(H,11,12). The number of carboxylic acid groups (broad SMARTS) is 1. The van der Waals surface area contributed by atoms with E-state index in [0.717, 1.165) is 6.42 Å². The lowest BCUT2D eigenvalue weighted by Gasteiger charge is -2.00. The summed E-state index contributed by atoms with van der Waals surface area (Å²) in [7, 11) is 0. The van der Waals surface area contributed by atoms with Crippen LogP contribution < -0.4 is 0 Å². The molecule has 4 nitrogen and oxygen atoms in total. The van der Waals surface area contributed by atoms with Gasteiger partial charge in [-0.15, -0.1) is 0 Å². The van der Waals surface area contributed by atoms with E-state index in [0.29, 0.717) is 11.0 Å². The number of halogens is 1. The van der Waals surface area contributed by atoms with Gasteiger partial charge in [0.05, 0.1) is 10.7 Å². The van der Waals surface area contributed by atoms with Gasteiger partial charge in [-0.2, -0.15) is 5.10 Å². The van der Waals surface area contributed by atoms with Crippen LogP contribution in [0.5, 0.6) is 0 Å². The summed E-state index contributed by atoms with van der Waals surface area (Å²) in [5.41, 5.74) is 0.219. The predicted molar refractivity (Wildman–Crippen MR) is 47.2 cm³/mol. The van der Waals surface area contributed by atoms with E-state index in [9.17, 15) is 4.79 Å². The highest BCUT2D eigenvalue weighted by Gasteiger charge is 2.14. The van der Waals surface area contributed by atoms with Crippen LogP contribution in [0.4, 0.5) is 0 Å². The molecule has 1 N–H and O–H groups in total. The van der Waals surface area contributed by atoms with Gasteiger partial charge in [-0.05, 0) is 22.4 Å². The molecule has 66 valence electrons. The van der Waals surface area contributed by atoms with Gasteiger partial charge in [0.25, 0.3) is 0 Å². The lowest BCUT2D eigenvalue weighted by atomic mass is 10.4. The molecular formula is C7H9BrN2O2. The van der Waals surface area contributed by atoms with Crippen molar-refractivity contribution in [3.8, 4) is 0 Å². The molecule has 0 aliphatic carbocycles. The zero-order valence-corrected chi connectivity index (χ0v) is 8.21. The lowest BCUT2D eigenvalue weighted by molar-refractivity contribution is 0.0682. The Bertz CT molecular complexity index is 296. The van der Waals surface area contributed by atoms with Gasteiger partial charge in [-0.25, -0.2) is 4.79 Å². The molecule has 0 spiro atoms. The van der Waals surface area contributed by atoms with Crippen LogP contribution in [0, 0.1) is 0 Å². The molecule has 0 aliphatic rings. The summed E-state index contributed by atoms with van der Waals surface area (Å²) in [5, 5.41) is 12.7. The van der Waals surface area contributed by atoms with E-state index in [1.54, 1.807) is 0 Å². The minimum absolute atomic E-state index is 0.219. The van der Waals surface area contributed by atoms with Crippen molar-refractivity contribution in [2.45, 2.75) is 19.9 Å². The fourth-order valence-corrected chi connectivity index (χ4v) is 1.42. The average Bonchev–Trinajstić information content (AvgIpc) is 2.32. The maximum absolute atomic E-state index is 10.7. The molecule has 12 heavy (non-hydrogen) atoms. The minimum atomic E-state index is -0.951. The molecule has 0 amide bonds. The highest BCUT2D eigenvalue weighted by atomic mass is 79.9. The summed E-state index contributed by atoms with van der Waals surface area (Å²) < 4.78 is 2.01. The summed E-state index contributed by atoms with van der Waals surface area (Å²) in [5.74, 6) is -0.951. The summed E-state index contributed by atoms with van der Waals surface area (Å²) in [6.07, 6.45) is 2.37. The molecule has 0 unspecified atom stereocenters. The molecule has 0 fully saturated rings. The molecule has 0 saturated heterocycles. The van der Waals surface area contributed by atoms with Crippen LogP contribution in [0.15, 0.2) is 10.7 Å². The van der Waals surface area contributed by atoms with Crippen LogP contribution >= 0.6 is 15.9 Å². The number of rotatable bonds is 3. The average molecular weight is 233 g/mol. The van der Waals surface area contributed by atoms with Gasteiger partial charge >= 0.3 is 5.97 Å². The highest BCUT2D eigenvalue weighted by molar-refractivity contribution is 9.10. The molecule has 0 atom stereocenters. The van der Waals surface area contributed by atoms with E-state index in [4.69, 9.17) is 5.11 Å². The van der Waals surface area contributed by atoms with Gasteiger partial charge in [0.2, 0.25) is 0 Å². The quantitative estimate of drug-likeness (QED) is 0.865. The monoisotopic (exact) mass is 232 g/mol. The first kappa shape index (κ1) is 9.25. The fraction of sp³-hybridized carbons (Fsp3) is 0.429. The van der Waals surface area contributed by atoms with E-state index in [-0.39, 0.29) is 5.69 Å². The zero-order valence-electron chi connectivity index (χ0n) is 6.62. The second kappa shape index (κ2) is 3.71. The Kier molecular flexibility index (Phi) is 2.86. The lowest BCUT2D eigenvalue weighted by Crippen LogP contribution is -2.09. The van der Waals surface area contributed by atoms with Crippen molar-refractivity contribution >= 4 is 21.9 Å². The number of aromatic nitrogens is 2. The summed E-state index contributed by atoms with van der Waals surface area (Å²) in [4.78, 5) is 10.7. The van der Waals surface area contributed by atoms with Gasteiger partial charge < -0.3 is 5.11 Å². The highest BCUT2D eigenvalue weighted by Crippen LogP contribution is 2.15. The number of hydrogen-bond acceptors (Lipinski definition) is 2. The van der Waals surface area contributed by atoms with Crippen LogP contribution in [0.1, 0.15) is 23.8 Å². The molecule has 0 saturated carbocycles. The number of carbonyl (C=O) groups is 1.